The van der Waals surface area contributed by atoms with Gasteiger partial charge in [-0.15, -0.1) is 0 Å². The minimum atomic E-state index is 0.885. The Morgan fingerprint density at radius 1 is 0.967 bits per heavy atom. The molecule has 3 heteroatoms. The van der Waals surface area contributed by atoms with Gasteiger partial charge in [0.1, 0.15) is 0 Å². The van der Waals surface area contributed by atoms with Crippen molar-refractivity contribution < 1.29 is 0 Å². The van der Waals surface area contributed by atoms with Gasteiger partial charge in [0.05, 0.1) is 0 Å². The molecule has 2 rings (SSSR count). The third-order valence-corrected chi connectivity index (χ3v) is 4.57. The van der Waals surface area contributed by atoms with Crippen LogP contribution in [-0.2, 0) is 0 Å². The first-order chi connectivity index (χ1) is 14.7. The second-order valence-electron chi connectivity index (χ2n) is 7.04. The van der Waals surface area contributed by atoms with Crippen LogP contribution < -0.4 is 10.6 Å². The van der Waals surface area contributed by atoms with E-state index in [2.05, 4.69) is 84.5 Å². The summed E-state index contributed by atoms with van der Waals surface area (Å²) in [4.78, 5) is 2.45. The first-order valence-electron chi connectivity index (χ1n) is 10.9. The van der Waals surface area contributed by atoms with Crippen molar-refractivity contribution in [2.24, 2.45) is 0 Å². The number of benzene rings is 2. The van der Waals surface area contributed by atoms with Crippen molar-refractivity contribution in [3.8, 4) is 0 Å². The number of aryl methyl sites for hydroxylation is 1. The molecule has 0 aliphatic heterocycles. The van der Waals surface area contributed by atoms with Crippen molar-refractivity contribution in [1.29, 1.82) is 0 Å². The summed E-state index contributed by atoms with van der Waals surface area (Å²) in [5, 5.41) is 6.96. The second kappa shape index (κ2) is 17.3. The summed E-state index contributed by atoms with van der Waals surface area (Å²) in [6, 6.07) is 20.6. The fraction of sp³-hybridized carbons (Fsp3) is 0.333. The minimum Gasteiger partial charge on any atom is -0.384 e. The fourth-order valence-corrected chi connectivity index (χ4v) is 2.89. The molecule has 0 bridgehead atoms. The molecule has 0 heterocycles. The van der Waals surface area contributed by atoms with E-state index in [-0.39, 0.29) is 0 Å². The van der Waals surface area contributed by atoms with Gasteiger partial charge >= 0.3 is 0 Å². The summed E-state index contributed by atoms with van der Waals surface area (Å²) in [7, 11) is 0. The van der Waals surface area contributed by atoms with Crippen LogP contribution in [0.3, 0.4) is 0 Å². The normalized spacial score (nSPS) is 11.3. The molecule has 30 heavy (non-hydrogen) atoms. The van der Waals surface area contributed by atoms with Gasteiger partial charge in [-0.1, -0.05) is 91.9 Å². The topological polar surface area (TPSA) is 27.3 Å². The van der Waals surface area contributed by atoms with E-state index >= 15 is 0 Å². The second-order valence-corrected chi connectivity index (χ2v) is 7.04. The molecule has 0 aliphatic rings. The Morgan fingerprint density at radius 3 is 2.13 bits per heavy atom. The highest BCUT2D eigenvalue weighted by atomic mass is 15.1. The van der Waals surface area contributed by atoms with Gasteiger partial charge in [0.15, 0.2) is 0 Å². The number of anilines is 1. The Labute approximate surface area is 184 Å². The fourth-order valence-electron chi connectivity index (χ4n) is 2.89. The smallest absolute Gasteiger partial charge is 0.0340 e. The van der Waals surface area contributed by atoms with Crippen LogP contribution in [0.15, 0.2) is 97.1 Å². The summed E-state index contributed by atoms with van der Waals surface area (Å²) in [6.45, 7) is 16.1. The predicted octanol–water partition coefficient (Wildman–Crippen LogP) is 5.69. The molecule has 2 aromatic rings. The molecule has 0 saturated carbocycles. The van der Waals surface area contributed by atoms with Crippen molar-refractivity contribution in [3.63, 3.8) is 0 Å². The highest BCUT2D eigenvalue weighted by molar-refractivity contribution is 5.42. The quantitative estimate of drug-likeness (QED) is 0.351. The Bertz CT molecular complexity index is 720. The highest BCUT2D eigenvalue weighted by Crippen LogP contribution is 2.04. The first kappa shape index (κ1) is 25.4. The third kappa shape index (κ3) is 12.8. The molecule has 0 radical (unpaired) electrons. The van der Waals surface area contributed by atoms with E-state index in [1.54, 1.807) is 0 Å². The van der Waals surface area contributed by atoms with E-state index in [9.17, 15) is 0 Å². The number of allylic oxidation sites excluding steroid dienone is 3. The molecular weight excluding hydrogens is 366 g/mol. The van der Waals surface area contributed by atoms with Crippen molar-refractivity contribution in [2.75, 3.05) is 44.6 Å². The lowest BCUT2D eigenvalue weighted by atomic mass is 10.2. The average Bonchev–Trinajstić information content (AvgIpc) is 2.77. The lowest BCUT2D eigenvalue weighted by Crippen LogP contribution is -2.35. The van der Waals surface area contributed by atoms with E-state index in [0.29, 0.717) is 0 Å². The maximum atomic E-state index is 3.76. The van der Waals surface area contributed by atoms with Gasteiger partial charge in [0.25, 0.3) is 0 Å². The van der Waals surface area contributed by atoms with Crippen LogP contribution in [0.2, 0.25) is 0 Å². The van der Waals surface area contributed by atoms with Crippen LogP contribution in [0, 0.1) is 6.92 Å². The summed E-state index contributed by atoms with van der Waals surface area (Å²) in [6.07, 6.45) is 8.07. The van der Waals surface area contributed by atoms with E-state index in [1.807, 2.05) is 43.3 Å². The first-order valence-corrected chi connectivity index (χ1v) is 10.9. The van der Waals surface area contributed by atoms with Crippen molar-refractivity contribution in [1.82, 2.24) is 10.2 Å². The number of likely N-dealkylation sites (N-methyl/N-ethyl adjacent to an activating group) is 1. The third-order valence-electron chi connectivity index (χ3n) is 4.57. The molecule has 0 unspecified atom stereocenters. The van der Waals surface area contributed by atoms with Gasteiger partial charge in [0, 0.05) is 38.4 Å². The van der Waals surface area contributed by atoms with Crippen LogP contribution in [0.25, 0.3) is 0 Å². The number of nitrogens with one attached hydrogen (secondary N) is 2. The molecule has 162 valence electrons. The zero-order chi connectivity index (χ0) is 21.9. The summed E-state index contributed by atoms with van der Waals surface area (Å²) in [5.41, 5.74) is 3.77. The maximum absolute atomic E-state index is 3.76. The molecular formula is C27H39N3. The molecule has 0 aliphatic carbocycles. The molecule has 0 fully saturated rings. The number of rotatable bonds is 12. The lowest BCUT2D eigenvalue weighted by molar-refractivity contribution is 0.299. The molecule has 0 saturated heterocycles. The summed E-state index contributed by atoms with van der Waals surface area (Å²) in [5.74, 6) is 0. The number of hydrogen-bond donors (Lipinski definition) is 2. The Hall–Kier alpha value is -2.62. The van der Waals surface area contributed by atoms with Gasteiger partial charge in [-0.25, -0.2) is 0 Å². The molecule has 2 N–H and O–H groups in total. The monoisotopic (exact) mass is 405 g/mol. The minimum absolute atomic E-state index is 0.885. The zero-order valence-corrected chi connectivity index (χ0v) is 19.0. The van der Waals surface area contributed by atoms with Crippen LogP contribution in [0.1, 0.15) is 19.4 Å². The highest BCUT2D eigenvalue weighted by Gasteiger charge is 2.01. The van der Waals surface area contributed by atoms with Crippen molar-refractivity contribution in [2.45, 2.75) is 20.8 Å². The van der Waals surface area contributed by atoms with Crippen molar-refractivity contribution in [3.05, 3.63) is 103 Å². The van der Waals surface area contributed by atoms with Gasteiger partial charge in [-0.05, 0) is 38.1 Å². The van der Waals surface area contributed by atoms with Crippen molar-refractivity contribution >= 4 is 5.69 Å². The van der Waals surface area contributed by atoms with Crippen LogP contribution in [-0.4, -0.2) is 44.2 Å². The van der Waals surface area contributed by atoms with Gasteiger partial charge in [-0.3, -0.25) is 0 Å². The lowest BCUT2D eigenvalue weighted by Gasteiger charge is -2.21. The average molecular weight is 406 g/mol. The summed E-state index contributed by atoms with van der Waals surface area (Å²) < 4.78 is 0. The maximum Gasteiger partial charge on any atom is 0.0340 e. The summed E-state index contributed by atoms with van der Waals surface area (Å²) >= 11 is 0. The largest absolute Gasteiger partial charge is 0.384 e. The number of nitrogens with zero attached hydrogens (tertiary/aromatic N) is 1. The van der Waals surface area contributed by atoms with E-state index in [1.165, 1.54) is 16.8 Å². The van der Waals surface area contributed by atoms with Gasteiger partial charge in [-0.2, -0.15) is 0 Å². The van der Waals surface area contributed by atoms with Crippen LogP contribution >= 0.6 is 0 Å². The van der Waals surface area contributed by atoms with E-state index in [0.717, 1.165) is 39.3 Å². The van der Waals surface area contributed by atoms with Gasteiger partial charge < -0.3 is 15.5 Å². The van der Waals surface area contributed by atoms with E-state index < -0.39 is 0 Å². The molecule has 0 atom stereocenters. The number of para-hydroxylation sites is 1. The molecule has 0 amide bonds. The number of hydrogen-bond acceptors (Lipinski definition) is 3. The Kier molecular flexibility index (Phi) is 14.6. The zero-order valence-electron chi connectivity index (χ0n) is 19.0. The predicted molar refractivity (Wildman–Crippen MR) is 134 cm³/mol. The Balaban J connectivity index is 0.000000539. The SMILES string of the molecule is C=C/C=C(\C=C/C)CNCCN(CC)CCNc1ccccc1.Cc1ccccc1. The van der Waals surface area contributed by atoms with Crippen LogP contribution in [0.5, 0.6) is 0 Å². The standard InChI is InChI=1S/C20H31N3.C7H8/c1-4-10-19(11-5-2)18-21-14-16-23(6-3)17-15-22-20-12-8-7-9-13-20;1-7-5-3-2-4-6-7/h4-5,7-13,21-22H,1,6,14-18H2,2-3H3;2-6H,1H3/b11-5-,19-10+;. The molecule has 2 aromatic carbocycles. The van der Waals surface area contributed by atoms with Crippen LogP contribution in [0.4, 0.5) is 5.69 Å². The molecule has 0 aromatic heterocycles. The molecule has 0 spiro atoms. The Morgan fingerprint density at radius 2 is 1.60 bits per heavy atom. The van der Waals surface area contributed by atoms with Gasteiger partial charge in [0.2, 0.25) is 0 Å². The molecule has 3 nitrogen and oxygen atoms in total. The van der Waals surface area contributed by atoms with E-state index in [4.69, 9.17) is 0 Å².